The Kier molecular flexibility index (Phi) is 4.89. The summed E-state index contributed by atoms with van der Waals surface area (Å²) in [7, 11) is 0. The summed E-state index contributed by atoms with van der Waals surface area (Å²) in [6.07, 6.45) is -0.591. The summed E-state index contributed by atoms with van der Waals surface area (Å²) in [5, 5.41) is 5.33. The van der Waals surface area contributed by atoms with Crippen molar-refractivity contribution in [3.63, 3.8) is 0 Å². The molecule has 0 spiro atoms. The van der Waals surface area contributed by atoms with Crippen LogP contribution in [0.25, 0.3) is 0 Å². The zero-order valence-corrected chi connectivity index (χ0v) is 13.9. The van der Waals surface area contributed by atoms with Crippen molar-refractivity contribution in [1.82, 2.24) is 0 Å². The number of fused-ring (bicyclic) bond motifs is 1. The fraction of sp³-hybridized carbons (Fsp3) is 0.176. The molecule has 3 rings (SSSR count). The van der Waals surface area contributed by atoms with Crippen LogP contribution in [0.2, 0.25) is 0 Å². The minimum Gasteiger partial charge on any atom is -0.479 e. The van der Waals surface area contributed by atoms with E-state index in [1.807, 2.05) is 0 Å². The topological polar surface area (TPSA) is 67.4 Å². The fourth-order valence-electron chi connectivity index (χ4n) is 2.34. The summed E-state index contributed by atoms with van der Waals surface area (Å²) >= 11 is 0.316. The number of nitrogens with one attached hydrogen (secondary N) is 2. The summed E-state index contributed by atoms with van der Waals surface area (Å²) in [5.41, 5.74) is 1.01. The van der Waals surface area contributed by atoms with Crippen molar-refractivity contribution in [3.8, 4) is 5.75 Å². The smallest absolute Gasteiger partial charge is 0.288 e. The van der Waals surface area contributed by atoms with E-state index in [9.17, 15) is 18.4 Å². The van der Waals surface area contributed by atoms with E-state index in [0.29, 0.717) is 28.9 Å². The van der Waals surface area contributed by atoms with Crippen LogP contribution in [0.3, 0.4) is 0 Å². The Hall–Kier alpha value is -2.61. The van der Waals surface area contributed by atoms with E-state index in [4.69, 9.17) is 4.74 Å². The van der Waals surface area contributed by atoms with Gasteiger partial charge in [0.15, 0.2) is 6.10 Å². The molecule has 0 saturated carbocycles. The second-order valence-electron chi connectivity index (χ2n) is 5.29. The van der Waals surface area contributed by atoms with Gasteiger partial charge in [0.05, 0.1) is 11.3 Å². The van der Waals surface area contributed by atoms with Crippen molar-refractivity contribution in [3.05, 3.63) is 48.0 Å². The third-order valence-corrected chi connectivity index (χ3v) is 4.30. The number of alkyl halides is 2. The lowest BCUT2D eigenvalue weighted by molar-refractivity contribution is -0.122. The molecule has 0 radical (unpaired) electrons. The number of halogens is 2. The minimum atomic E-state index is -2.62. The maximum atomic E-state index is 12.6. The van der Waals surface area contributed by atoms with Gasteiger partial charge in [-0.1, -0.05) is 23.9 Å². The quantitative estimate of drug-likeness (QED) is 0.806. The molecule has 1 heterocycles. The van der Waals surface area contributed by atoms with Gasteiger partial charge in [0.2, 0.25) is 0 Å². The second-order valence-corrected chi connectivity index (χ2v) is 6.32. The molecule has 25 heavy (non-hydrogen) atoms. The molecule has 0 bridgehead atoms. The van der Waals surface area contributed by atoms with Gasteiger partial charge in [0.25, 0.3) is 17.6 Å². The summed E-state index contributed by atoms with van der Waals surface area (Å²) in [5.74, 6) is -2.92. The number of amides is 2. The summed E-state index contributed by atoms with van der Waals surface area (Å²) in [6.45, 7) is 1.63. The SMILES string of the molecule is CC1Oc2ccc(NC(=O)c3ccccc3SC(F)F)cc2NC1=O. The Labute approximate surface area is 146 Å². The first kappa shape index (κ1) is 17.2. The molecule has 5 nitrogen and oxygen atoms in total. The Morgan fingerprint density at radius 2 is 2.04 bits per heavy atom. The van der Waals surface area contributed by atoms with E-state index in [1.54, 1.807) is 37.3 Å². The van der Waals surface area contributed by atoms with E-state index >= 15 is 0 Å². The molecule has 2 amide bonds. The van der Waals surface area contributed by atoms with Gasteiger partial charge in [-0.2, -0.15) is 8.78 Å². The predicted molar refractivity (Wildman–Crippen MR) is 91.4 cm³/mol. The maximum Gasteiger partial charge on any atom is 0.288 e. The van der Waals surface area contributed by atoms with Crippen LogP contribution in [0.4, 0.5) is 20.2 Å². The maximum absolute atomic E-state index is 12.6. The molecule has 0 saturated heterocycles. The van der Waals surface area contributed by atoms with Crippen molar-refractivity contribution in [2.75, 3.05) is 10.6 Å². The van der Waals surface area contributed by atoms with Crippen molar-refractivity contribution in [2.24, 2.45) is 0 Å². The molecule has 0 fully saturated rings. The summed E-state index contributed by atoms with van der Waals surface area (Å²) in [6, 6.07) is 10.9. The van der Waals surface area contributed by atoms with E-state index in [1.165, 1.54) is 12.1 Å². The minimum absolute atomic E-state index is 0.152. The molecule has 1 unspecified atom stereocenters. The van der Waals surface area contributed by atoms with Crippen molar-refractivity contribution >= 4 is 35.0 Å². The third-order valence-electron chi connectivity index (χ3n) is 3.52. The monoisotopic (exact) mass is 364 g/mol. The third kappa shape index (κ3) is 3.90. The van der Waals surface area contributed by atoms with Crippen LogP contribution in [0, 0.1) is 0 Å². The van der Waals surface area contributed by atoms with Gasteiger partial charge in [0, 0.05) is 10.6 Å². The molecule has 0 aliphatic carbocycles. The van der Waals surface area contributed by atoms with Crippen LogP contribution in [-0.2, 0) is 4.79 Å². The number of carbonyl (C=O) groups excluding carboxylic acids is 2. The van der Waals surface area contributed by atoms with Crippen molar-refractivity contribution in [1.29, 1.82) is 0 Å². The number of ether oxygens (including phenoxy) is 1. The van der Waals surface area contributed by atoms with Gasteiger partial charge in [-0.3, -0.25) is 9.59 Å². The zero-order chi connectivity index (χ0) is 18.0. The van der Waals surface area contributed by atoms with Gasteiger partial charge in [-0.05, 0) is 37.3 Å². The number of benzene rings is 2. The number of hydrogen-bond acceptors (Lipinski definition) is 4. The van der Waals surface area contributed by atoms with E-state index in [2.05, 4.69) is 10.6 Å². The molecule has 8 heteroatoms. The molecule has 2 N–H and O–H groups in total. The first-order valence-corrected chi connectivity index (χ1v) is 8.29. The van der Waals surface area contributed by atoms with E-state index < -0.39 is 17.8 Å². The lowest BCUT2D eigenvalue weighted by Gasteiger charge is -2.23. The fourth-order valence-corrected chi connectivity index (χ4v) is 2.97. The Morgan fingerprint density at radius 3 is 2.80 bits per heavy atom. The molecule has 1 aliphatic rings. The van der Waals surface area contributed by atoms with Crippen LogP contribution >= 0.6 is 11.8 Å². The first-order chi connectivity index (χ1) is 11.9. The van der Waals surface area contributed by atoms with E-state index in [-0.39, 0.29) is 16.4 Å². The molecule has 0 aromatic heterocycles. The van der Waals surface area contributed by atoms with Crippen LogP contribution in [-0.4, -0.2) is 23.7 Å². The predicted octanol–water partition coefficient (Wildman–Crippen LogP) is 3.97. The highest BCUT2D eigenvalue weighted by molar-refractivity contribution is 7.99. The first-order valence-electron chi connectivity index (χ1n) is 7.41. The Morgan fingerprint density at radius 1 is 1.28 bits per heavy atom. The molecular weight excluding hydrogens is 350 g/mol. The molecule has 1 atom stereocenters. The van der Waals surface area contributed by atoms with Crippen molar-refractivity contribution in [2.45, 2.75) is 23.7 Å². The second kappa shape index (κ2) is 7.10. The molecule has 2 aromatic rings. The molecule has 2 aromatic carbocycles. The van der Waals surface area contributed by atoms with Gasteiger partial charge in [-0.15, -0.1) is 0 Å². The average molecular weight is 364 g/mol. The lowest BCUT2D eigenvalue weighted by atomic mass is 10.2. The highest BCUT2D eigenvalue weighted by atomic mass is 32.2. The number of rotatable bonds is 4. The van der Waals surface area contributed by atoms with Gasteiger partial charge in [0.1, 0.15) is 5.75 Å². The summed E-state index contributed by atoms with van der Waals surface area (Å²) in [4.78, 5) is 24.3. The highest BCUT2D eigenvalue weighted by Gasteiger charge is 2.24. The number of thioether (sulfide) groups is 1. The Balaban J connectivity index is 1.81. The largest absolute Gasteiger partial charge is 0.479 e. The Bertz CT molecular complexity index is 829. The standard InChI is InChI=1S/C17H14F2N2O3S/c1-9-15(22)21-12-8-10(6-7-13(12)24-9)20-16(23)11-4-2-3-5-14(11)25-17(18)19/h2-9,17H,1H3,(H,20,23)(H,21,22). The number of hydrogen-bond donors (Lipinski definition) is 2. The van der Waals surface area contributed by atoms with Gasteiger partial charge in [-0.25, -0.2) is 0 Å². The molecular formula is C17H14F2N2O3S. The molecule has 1 aliphatic heterocycles. The normalized spacial score (nSPS) is 16.0. The number of anilines is 2. The highest BCUT2D eigenvalue weighted by Crippen LogP contribution is 2.33. The van der Waals surface area contributed by atoms with Crippen molar-refractivity contribution < 1.29 is 23.1 Å². The van der Waals surface area contributed by atoms with Crippen LogP contribution in [0.15, 0.2) is 47.4 Å². The molecule has 130 valence electrons. The summed E-state index contributed by atoms with van der Waals surface area (Å²) < 4.78 is 30.7. The average Bonchev–Trinajstić information content (AvgIpc) is 2.56. The van der Waals surface area contributed by atoms with Gasteiger partial charge >= 0.3 is 0 Å². The number of carbonyl (C=O) groups is 2. The lowest BCUT2D eigenvalue weighted by Crippen LogP contribution is -2.34. The van der Waals surface area contributed by atoms with Crippen LogP contribution in [0.1, 0.15) is 17.3 Å². The van der Waals surface area contributed by atoms with Crippen LogP contribution < -0.4 is 15.4 Å². The zero-order valence-electron chi connectivity index (χ0n) is 13.1. The van der Waals surface area contributed by atoms with Crippen LogP contribution in [0.5, 0.6) is 5.75 Å². The van der Waals surface area contributed by atoms with Gasteiger partial charge < -0.3 is 15.4 Å². The van der Waals surface area contributed by atoms with E-state index in [0.717, 1.165) is 0 Å².